The van der Waals surface area contributed by atoms with Crippen LogP contribution >= 0.6 is 11.6 Å². The molecule has 0 aromatic heterocycles. The molecule has 2 rings (SSSR count). The van der Waals surface area contributed by atoms with Crippen molar-refractivity contribution < 1.29 is 14.0 Å². The lowest BCUT2D eigenvalue weighted by molar-refractivity contribution is -0.140. The first-order valence-corrected chi connectivity index (χ1v) is 9.77. The molecule has 0 saturated carbocycles. The van der Waals surface area contributed by atoms with Gasteiger partial charge < -0.3 is 10.2 Å². The van der Waals surface area contributed by atoms with Crippen molar-refractivity contribution in [1.29, 1.82) is 0 Å². The molecule has 2 amide bonds. The molecule has 0 unspecified atom stereocenters. The zero-order valence-electron chi connectivity index (χ0n) is 16.4. The summed E-state index contributed by atoms with van der Waals surface area (Å²) in [4.78, 5) is 27.1. The van der Waals surface area contributed by atoms with Gasteiger partial charge in [-0.15, -0.1) is 0 Å². The van der Waals surface area contributed by atoms with Gasteiger partial charge in [0.25, 0.3) is 0 Å². The average Bonchev–Trinajstić information content (AvgIpc) is 2.69. The molecular formula is C22H26ClFN2O2. The van der Waals surface area contributed by atoms with Gasteiger partial charge in [0.1, 0.15) is 11.9 Å². The molecule has 28 heavy (non-hydrogen) atoms. The fourth-order valence-electron chi connectivity index (χ4n) is 2.78. The molecule has 0 bridgehead atoms. The fourth-order valence-corrected chi connectivity index (χ4v) is 3.01. The van der Waals surface area contributed by atoms with Gasteiger partial charge in [-0.1, -0.05) is 54.9 Å². The van der Waals surface area contributed by atoms with Crippen molar-refractivity contribution >= 4 is 23.4 Å². The van der Waals surface area contributed by atoms with E-state index >= 15 is 0 Å². The predicted octanol–water partition coefficient (Wildman–Crippen LogP) is 4.35. The lowest BCUT2D eigenvalue weighted by Crippen LogP contribution is -2.50. The van der Waals surface area contributed by atoms with Gasteiger partial charge in [0.2, 0.25) is 11.8 Å². The van der Waals surface area contributed by atoms with Crippen molar-refractivity contribution in [3.8, 4) is 0 Å². The number of nitrogens with one attached hydrogen (secondary N) is 1. The van der Waals surface area contributed by atoms with Gasteiger partial charge >= 0.3 is 0 Å². The van der Waals surface area contributed by atoms with Gasteiger partial charge in [-0.05, 0) is 38.0 Å². The van der Waals surface area contributed by atoms with Crippen LogP contribution in [0.3, 0.4) is 0 Å². The Balaban J connectivity index is 2.26. The third-order valence-corrected chi connectivity index (χ3v) is 5.11. The number of hydrogen-bond acceptors (Lipinski definition) is 2. The Morgan fingerprint density at radius 3 is 2.39 bits per heavy atom. The maximum Gasteiger partial charge on any atom is 0.242 e. The summed E-state index contributed by atoms with van der Waals surface area (Å²) >= 11 is 6.08. The van der Waals surface area contributed by atoms with Gasteiger partial charge in [-0.25, -0.2) is 4.39 Å². The summed E-state index contributed by atoms with van der Waals surface area (Å²) in [7, 11) is 0. The minimum Gasteiger partial charge on any atom is -0.352 e. The van der Waals surface area contributed by atoms with Crippen LogP contribution in [-0.4, -0.2) is 28.8 Å². The van der Waals surface area contributed by atoms with Crippen LogP contribution in [0.5, 0.6) is 0 Å². The molecule has 2 atom stereocenters. The normalized spacial score (nSPS) is 12.9. The minimum atomic E-state index is -0.702. The number of rotatable bonds is 8. The Morgan fingerprint density at radius 2 is 1.79 bits per heavy atom. The summed E-state index contributed by atoms with van der Waals surface area (Å²) in [5.74, 6) is -1.13. The number of halogens is 2. The number of hydrogen-bond donors (Lipinski definition) is 1. The highest BCUT2D eigenvalue weighted by atomic mass is 35.5. The molecule has 1 N–H and O–H groups in total. The van der Waals surface area contributed by atoms with Crippen LogP contribution in [-0.2, 0) is 22.6 Å². The van der Waals surface area contributed by atoms with E-state index in [1.807, 2.05) is 44.2 Å². The second kappa shape index (κ2) is 10.2. The summed E-state index contributed by atoms with van der Waals surface area (Å²) in [6.45, 7) is 5.82. The molecule has 0 fully saturated rings. The Morgan fingerprint density at radius 1 is 1.11 bits per heavy atom. The first-order chi connectivity index (χ1) is 13.3. The molecule has 0 aliphatic heterocycles. The van der Waals surface area contributed by atoms with E-state index in [4.69, 9.17) is 11.6 Å². The van der Waals surface area contributed by atoms with Gasteiger partial charge in [0.05, 0.1) is 6.42 Å². The lowest BCUT2D eigenvalue weighted by atomic mass is 10.1. The molecule has 0 spiro atoms. The Hall–Kier alpha value is -2.40. The molecule has 150 valence electrons. The molecule has 6 heteroatoms. The zero-order chi connectivity index (χ0) is 20.7. The highest BCUT2D eigenvalue weighted by Crippen LogP contribution is 2.21. The standard InChI is InChI=1S/C22H26ClFN2O2/c1-4-15(2)25-22(28)16(3)26(14-17-9-6-5-7-10-17)21(27)13-18-19(23)11-8-12-20(18)24/h5-12,15-16H,4,13-14H2,1-3H3,(H,25,28)/t15-,16+/m0/s1. The van der Waals surface area contributed by atoms with Crippen molar-refractivity contribution in [2.24, 2.45) is 0 Å². The molecule has 0 radical (unpaired) electrons. The summed E-state index contributed by atoms with van der Waals surface area (Å²) in [5, 5.41) is 3.10. The molecule has 0 aliphatic carbocycles. The zero-order valence-corrected chi connectivity index (χ0v) is 17.2. The Kier molecular flexibility index (Phi) is 8.00. The van der Waals surface area contributed by atoms with Crippen LogP contribution in [0.25, 0.3) is 0 Å². The number of nitrogens with zero attached hydrogens (tertiary/aromatic N) is 1. The Bertz CT molecular complexity index is 793. The third-order valence-electron chi connectivity index (χ3n) is 4.75. The smallest absolute Gasteiger partial charge is 0.242 e. The van der Waals surface area contributed by atoms with E-state index in [-0.39, 0.29) is 41.4 Å². The number of carbonyl (C=O) groups is 2. The van der Waals surface area contributed by atoms with E-state index in [2.05, 4.69) is 5.32 Å². The topological polar surface area (TPSA) is 49.4 Å². The van der Waals surface area contributed by atoms with Gasteiger partial charge in [0.15, 0.2) is 0 Å². The third kappa shape index (κ3) is 5.80. The van der Waals surface area contributed by atoms with Crippen LogP contribution in [0.15, 0.2) is 48.5 Å². The maximum atomic E-state index is 14.1. The lowest BCUT2D eigenvalue weighted by Gasteiger charge is -2.30. The first-order valence-electron chi connectivity index (χ1n) is 9.40. The SMILES string of the molecule is CC[C@H](C)NC(=O)[C@@H](C)N(Cc1ccccc1)C(=O)Cc1c(F)cccc1Cl. The second-order valence-corrected chi connectivity index (χ2v) is 7.29. The Labute approximate surface area is 170 Å². The van der Waals surface area contributed by atoms with E-state index in [1.54, 1.807) is 13.0 Å². The minimum absolute atomic E-state index is 0.00430. The molecule has 0 aliphatic rings. The molecule has 0 heterocycles. The molecule has 2 aromatic carbocycles. The van der Waals surface area contributed by atoms with Crippen LogP contribution in [0.2, 0.25) is 5.02 Å². The summed E-state index contributed by atoms with van der Waals surface area (Å²) in [6.07, 6.45) is 0.579. The van der Waals surface area contributed by atoms with E-state index < -0.39 is 11.9 Å². The summed E-state index contributed by atoms with van der Waals surface area (Å²) < 4.78 is 14.1. The number of amides is 2. The van der Waals surface area contributed by atoms with Crippen molar-refractivity contribution in [2.45, 2.75) is 52.2 Å². The van der Waals surface area contributed by atoms with Gasteiger partial charge in [0, 0.05) is 23.2 Å². The average molecular weight is 405 g/mol. The quantitative estimate of drug-likeness (QED) is 0.710. The van der Waals surface area contributed by atoms with E-state index in [0.29, 0.717) is 0 Å². The van der Waals surface area contributed by atoms with Crippen LogP contribution < -0.4 is 5.32 Å². The van der Waals surface area contributed by atoms with Crippen LogP contribution in [0.1, 0.15) is 38.3 Å². The van der Waals surface area contributed by atoms with Crippen molar-refractivity contribution in [3.63, 3.8) is 0 Å². The monoisotopic (exact) mass is 404 g/mol. The van der Waals surface area contributed by atoms with Crippen LogP contribution in [0.4, 0.5) is 4.39 Å². The number of benzene rings is 2. The molecule has 4 nitrogen and oxygen atoms in total. The van der Waals surface area contributed by atoms with Crippen molar-refractivity contribution in [1.82, 2.24) is 10.2 Å². The fraction of sp³-hybridized carbons (Fsp3) is 0.364. The first kappa shape index (κ1) is 21.9. The van der Waals surface area contributed by atoms with Crippen molar-refractivity contribution in [2.75, 3.05) is 0 Å². The highest BCUT2D eigenvalue weighted by Gasteiger charge is 2.27. The van der Waals surface area contributed by atoms with Crippen molar-refractivity contribution in [3.05, 3.63) is 70.5 Å². The summed E-state index contributed by atoms with van der Waals surface area (Å²) in [5.41, 5.74) is 1.03. The van der Waals surface area contributed by atoms with Gasteiger partial charge in [-0.2, -0.15) is 0 Å². The second-order valence-electron chi connectivity index (χ2n) is 6.88. The largest absolute Gasteiger partial charge is 0.352 e. The molecule has 2 aromatic rings. The molecule has 0 saturated heterocycles. The number of carbonyl (C=O) groups excluding carboxylic acids is 2. The molecular weight excluding hydrogens is 379 g/mol. The highest BCUT2D eigenvalue weighted by molar-refractivity contribution is 6.31. The van der Waals surface area contributed by atoms with E-state index in [0.717, 1.165) is 12.0 Å². The van der Waals surface area contributed by atoms with E-state index in [9.17, 15) is 14.0 Å². The predicted molar refractivity (Wildman–Crippen MR) is 109 cm³/mol. The van der Waals surface area contributed by atoms with Gasteiger partial charge in [-0.3, -0.25) is 9.59 Å². The van der Waals surface area contributed by atoms with E-state index in [1.165, 1.54) is 17.0 Å². The maximum absolute atomic E-state index is 14.1. The van der Waals surface area contributed by atoms with Crippen LogP contribution in [0, 0.1) is 5.82 Å². The summed E-state index contributed by atoms with van der Waals surface area (Å²) in [6, 6.07) is 13.0.